The van der Waals surface area contributed by atoms with E-state index in [1.54, 1.807) is 12.1 Å². The molecule has 2 aromatic carbocycles. The van der Waals surface area contributed by atoms with Crippen molar-refractivity contribution in [2.24, 2.45) is 0 Å². The molecular weight excluding hydrogens is 423 g/mol. The molecule has 0 saturated carbocycles. The second kappa shape index (κ2) is 8.43. The Morgan fingerprint density at radius 1 is 1.07 bits per heavy atom. The van der Waals surface area contributed by atoms with Crippen molar-refractivity contribution in [1.29, 1.82) is 0 Å². The molecule has 152 valence electrons. The Morgan fingerprint density at radius 3 is 2.53 bits per heavy atom. The third kappa shape index (κ3) is 3.77. The molecule has 0 aliphatic heterocycles. The summed E-state index contributed by atoms with van der Waals surface area (Å²) in [5.41, 5.74) is 1.83. The first-order valence-electron chi connectivity index (χ1n) is 9.07. The average Bonchev–Trinajstić information content (AvgIpc) is 3.32. The monoisotopic (exact) mass is 440 g/mol. The zero-order valence-corrected chi connectivity index (χ0v) is 17.8. The van der Waals surface area contributed by atoms with Crippen LogP contribution in [-0.2, 0) is 11.3 Å². The first-order valence-corrected chi connectivity index (χ1v) is 10.7. The number of ketones is 1. The van der Waals surface area contributed by atoms with E-state index in [9.17, 15) is 14.0 Å². The number of nitrogens with one attached hydrogen (secondary N) is 1. The number of anilines is 1. The van der Waals surface area contributed by atoms with Crippen molar-refractivity contribution < 1.29 is 18.7 Å². The number of Topliss-reactive ketones (excluding diaryl/α,β-unsaturated/α-hetero) is 1. The number of fused-ring (bicyclic) bond motifs is 1. The zero-order valence-electron chi connectivity index (χ0n) is 16.2. The van der Waals surface area contributed by atoms with E-state index in [0.29, 0.717) is 36.2 Å². The molecule has 0 radical (unpaired) electrons. The summed E-state index contributed by atoms with van der Waals surface area (Å²) in [5, 5.41) is 3.47. The lowest BCUT2D eigenvalue weighted by atomic mass is 10.1. The lowest BCUT2D eigenvalue weighted by Gasteiger charge is -2.04. The third-order valence-electron chi connectivity index (χ3n) is 4.47. The largest absolute Gasteiger partial charge is 0.380 e. The van der Waals surface area contributed by atoms with Crippen LogP contribution in [0.1, 0.15) is 31.8 Å². The molecule has 0 saturated heterocycles. The Balaban J connectivity index is 1.72. The van der Waals surface area contributed by atoms with Crippen LogP contribution in [0.15, 0.2) is 48.5 Å². The number of aromatic nitrogens is 1. The standard InChI is InChI=1S/C22H17FN2O3S2/c1-12(26)19-18(13-7-4-3-5-8-13)24-22(30-19)25-21(27)20-14(11-28-2)17-15(23)9-6-10-16(17)29-20/h3-10H,11H2,1-2H3,(H,24,25,27). The normalized spacial score (nSPS) is 11.0. The van der Waals surface area contributed by atoms with E-state index in [0.717, 1.165) is 16.9 Å². The third-order valence-corrected chi connectivity index (χ3v) is 6.74. The van der Waals surface area contributed by atoms with Gasteiger partial charge >= 0.3 is 0 Å². The number of carbonyl (C=O) groups excluding carboxylic acids is 2. The number of hydrogen-bond acceptors (Lipinski definition) is 6. The molecule has 2 heterocycles. The highest BCUT2D eigenvalue weighted by Gasteiger charge is 2.23. The van der Waals surface area contributed by atoms with Gasteiger partial charge < -0.3 is 4.74 Å². The summed E-state index contributed by atoms with van der Waals surface area (Å²) in [5.74, 6) is -0.934. The van der Waals surface area contributed by atoms with Crippen LogP contribution in [0.2, 0.25) is 0 Å². The minimum absolute atomic E-state index is 0.107. The molecule has 30 heavy (non-hydrogen) atoms. The maximum absolute atomic E-state index is 14.4. The molecule has 5 nitrogen and oxygen atoms in total. The number of ether oxygens (including phenoxy) is 1. The Morgan fingerprint density at radius 2 is 1.83 bits per heavy atom. The van der Waals surface area contributed by atoms with Gasteiger partial charge in [0.05, 0.1) is 22.1 Å². The fourth-order valence-electron chi connectivity index (χ4n) is 3.19. The average molecular weight is 441 g/mol. The second-order valence-electron chi connectivity index (χ2n) is 6.53. The number of thiophene rings is 1. The zero-order chi connectivity index (χ0) is 21.3. The number of hydrogen-bond donors (Lipinski definition) is 1. The highest BCUT2D eigenvalue weighted by Crippen LogP contribution is 2.36. The van der Waals surface area contributed by atoms with Gasteiger partial charge in [0.1, 0.15) is 5.82 Å². The van der Waals surface area contributed by atoms with E-state index in [4.69, 9.17) is 4.74 Å². The summed E-state index contributed by atoms with van der Waals surface area (Å²) < 4.78 is 20.3. The number of methoxy groups -OCH3 is 1. The molecule has 1 N–H and O–H groups in total. The minimum Gasteiger partial charge on any atom is -0.380 e. The molecule has 0 atom stereocenters. The van der Waals surface area contributed by atoms with Gasteiger partial charge in [0.25, 0.3) is 5.91 Å². The molecule has 0 aliphatic rings. The smallest absolute Gasteiger partial charge is 0.267 e. The molecule has 4 aromatic rings. The van der Waals surface area contributed by atoms with Crippen molar-refractivity contribution in [2.45, 2.75) is 13.5 Å². The number of halogens is 1. The molecule has 0 aliphatic carbocycles. The van der Waals surface area contributed by atoms with Gasteiger partial charge in [-0.2, -0.15) is 0 Å². The first kappa shape index (κ1) is 20.3. The number of nitrogens with zero attached hydrogens (tertiary/aromatic N) is 1. The summed E-state index contributed by atoms with van der Waals surface area (Å²) in [6.07, 6.45) is 0. The molecule has 0 unspecified atom stereocenters. The van der Waals surface area contributed by atoms with Crippen LogP contribution in [0.25, 0.3) is 21.3 Å². The van der Waals surface area contributed by atoms with Crippen molar-refractivity contribution in [3.63, 3.8) is 0 Å². The highest BCUT2D eigenvalue weighted by molar-refractivity contribution is 7.21. The predicted molar refractivity (Wildman–Crippen MR) is 118 cm³/mol. The topological polar surface area (TPSA) is 68.3 Å². The van der Waals surface area contributed by atoms with Gasteiger partial charge in [-0.25, -0.2) is 9.37 Å². The lowest BCUT2D eigenvalue weighted by Crippen LogP contribution is -2.12. The Hall–Kier alpha value is -2.94. The summed E-state index contributed by atoms with van der Waals surface area (Å²) in [4.78, 5) is 30.4. The van der Waals surface area contributed by atoms with Gasteiger partial charge in [-0.05, 0) is 12.1 Å². The molecule has 8 heteroatoms. The molecule has 4 rings (SSSR count). The maximum atomic E-state index is 14.4. The van der Waals surface area contributed by atoms with Crippen LogP contribution in [0, 0.1) is 5.82 Å². The number of amides is 1. The van der Waals surface area contributed by atoms with Crippen molar-refractivity contribution >= 4 is 49.6 Å². The molecule has 0 spiro atoms. The van der Waals surface area contributed by atoms with Crippen LogP contribution in [0.3, 0.4) is 0 Å². The predicted octanol–water partition coefficient (Wildman–Crippen LogP) is 5.77. The van der Waals surface area contributed by atoms with E-state index < -0.39 is 11.7 Å². The SMILES string of the molecule is COCc1c(C(=O)Nc2nc(-c3ccccc3)c(C(C)=O)s2)sc2cccc(F)c12. The molecule has 1 amide bonds. The van der Waals surface area contributed by atoms with E-state index in [-0.39, 0.29) is 12.4 Å². The quantitative estimate of drug-likeness (QED) is 0.387. The van der Waals surface area contributed by atoms with Crippen LogP contribution >= 0.6 is 22.7 Å². The van der Waals surface area contributed by atoms with Crippen LogP contribution in [0.5, 0.6) is 0 Å². The summed E-state index contributed by atoms with van der Waals surface area (Å²) in [6, 6.07) is 14.1. The van der Waals surface area contributed by atoms with Gasteiger partial charge in [0.15, 0.2) is 10.9 Å². The van der Waals surface area contributed by atoms with Gasteiger partial charge in [0, 0.05) is 35.2 Å². The molecule has 0 fully saturated rings. The van der Waals surface area contributed by atoms with Crippen LogP contribution in [0.4, 0.5) is 9.52 Å². The van der Waals surface area contributed by atoms with E-state index >= 15 is 0 Å². The second-order valence-corrected chi connectivity index (χ2v) is 8.58. The van der Waals surface area contributed by atoms with Crippen LogP contribution in [-0.4, -0.2) is 23.8 Å². The molecule has 0 bridgehead atoms. The first-order chi connectivity index (χ1) is 14.5. The minimum atomic E-state index is -0.411. The van der Waals surface area contributed by atoms with E-state index in [2.05, 4.69) is 10.3 Å². The fraction of sp³-hybridized carbons (Fsp3) is 0.136. The fourth-order valence-corrected chi connectivity index (χ4v) is 5.19. The van der Waals surface area contributed by atoms with Gasteiger partial charge in [0.2, 0.25) is 0 Å². The Bertz CT molecular complexity index is 1250. The Kier molecular flexibility index (Phi) is 5.72. The van der Waals surface area contributed by atoms with Crippen molar-refractivity contribution in [3.05, 3.63) is 69.7 Å². The van der Waals surface area contributed by atoms with Gasteiger partial charge in [-0.1, -0.05) is 47.7 Å². The number of carbonyl (C=O) groups is 2. The lowest BCUT2D eigenvalue weighted by molar-refractivity contribution is 0.101. The summed E-state index contributed by atoms with van der Waals surface area (Å²) in [6.45, 7) is 1.58. The van der Waals surface area contributed by atoms with Gasteiger partial charge in [-0.15, -0.1) is 11.3 Å². The Labute approximate surface area is 180 Å². The van der Waals surface area contributed by atoms with Crippen molar-refractivity contribution in [3.8, 4) is 11.3 Å². The van der Waals surface area contributed by atoms with E-state index in [1.165, 1.54) is 31.4 Å². The summed E-state index contributed by atoms with van der Waals surface area (Å²) in [7, 11) is 1.50. The summed E-state index contributed by atoms with van der Waals surface area (Å²) >= 11 is 2.32. The highest BCUT2D eigenvalue weighted by atomic mass is 32.1. The van der Waals surface area contributed by atoms with Gasteiger partial charge in [-0.3, -0.25) is 14.9 Å². The maximum Gasteiger partial charge on any atom is 0.267 e. The van der Waals surface area contributed by atoms with E-state index in [1.807, 2.05) is 30.3 Å². The molecule has 2 aromatic heterocycles. The van der Waals surface area contributed by atoms with Crippen molar-refractivity contribution in [2.75, 3.05) is 12.4 Å². The van der Waals surface area contributed by atoms with Crippen molar-refractivity contribution in [1.82, 2.24) is 4.98 Å². The number of thiazole rings is 1. The molecular formula is C22H17FN2O3S2. The van der Waals surface area contributed by atoms with Crippen LogP contribution < -0.4 is 5.32 Å². The number of rotatable bonds is 6. The number of benzene rings is 2.